The lowest BCUT2D eigenvalue weighted by molar-refractivity contribution is 0.190. The molecule has 0 aliphatic carbocycles. The summed E-state index contributed by atoms with van der Waals surface area (Å²) >= 11 is 0. The van der Waals surface area contributed by atoms with Gasteiger partial charge < -0.3 is 25.8 Å². The van der Waals surface area contributed by atoms with E-state index in [1.54, 1.807) is 14.2 Å². The van der Waals surface area contributed by atoms with Gasteiger partial charge in [-0.05, 0) is 24.6 Å². The van der Waals surface area contributed by atoms with Crippen LogP contribution in [0, 0.1) is 0 Å². The average Bonchev–Trinajstić information content (AvgIpc) is 2.56. The van der Waals surface area contributed by atoms with Crippen molar-refractivity contribution < 1.29 is 9.47 Å². The number of nitrogens with zero attached hydrogens (tertiary/aromatic N) is 2. The summed E-state index contributed by atoms with van der Waals surface area (Å²) in [6.07, 6.45) is 1.48. The van der Waals surface area contributed by atoms with E-state index in [9.17, 15) is 0 Å². The predicted octanol–water partition coefficient (Wildman–Crippen LogP) is 2.13. The van der Waals surface area contributed by atoms with Gasteiger partial charge in [-0.2, -0.15) is 0 Å². The number of benzene rings is 1. The minimum Gasteiger partial charge on any atom is -0.497 e. The fraction of sp³-hybridized carbons (Fsp3) is 0.375. The molecule has 7 heteroatoms. The Balaban J connectivity index is 2.01. The molecule has 0 saturated carbocycles. The zero-order valence-corrected chi connectivity index (χ0v) is 13.7. The molecule has 7 nitrogen and oxygen atoms in total. The quantitative estimate of drug-likeness (QED) is 0.686. The van der Waals surface area contributed by atoms with E-state index in [-0.39, 0.29) is 6.04 Å². The first-order chi connectivity index (χ1) is 11.1. The van der Waals surface area contributed by atoms with E-state index >= 15 is 0 Å². The lowest BCUT2D eigenvalue weighted by Crippen LogP contribution is -2.22. The van der Waals surface area contributed by atoms with Crippen LogP contribution in [-0.4, -0.2) is 36.8 Å². The minimum atomic E-state index is 0.103. The number of aromatic nitrogens is 2. The maximum Gasteiger partial charge on any atom is 0.155 e. The highest BCUT2D eigenvalue weighted by atomic mass is 16.5. The van der Waals surface area contributed by atoms with Gasteiger partial charge in [-0.25, -0.2) is 9.97 Å². The summed E-state index contributed by atoms with van der Waals surface area (Å²) < 4.78 is 10.2. The Morgan fingerprint density at radius 2 is 1.83 bits per heavy atom. The van der Waals surface area contributed by atoms with Crippen LogP contribution in [0.25, 0.3) is 0 Å². The van der Waals surface area contributed by atoms with Crippen molar-refractivity contribution in [2.24, 2.45) is 0 Å². The Kier molecular flexibility index (Phi) is 5.99. The maximum absolute atomic E-state index is 6.13. The van der Waals surface area contributed by atoms with Crippen LogP contribution in [0.2, 0.25) is 0 Å². The second kappa shape index (κ2) is 8.19. The molecule has 124 valence electrons. The fourth-order valence-corrected chi connectivity index (χ4v) is 2.11. The van der Waals surface area contributed by atoms with Crippen molar-refractivity contribution in [1.82, 2.24) is 9.97 Å². The molecule has 0 bridgehead atoms. The van der Waals surface area contributed by atoms with Crippen LogP contribution in [0.3, 0.4) is 0 Å². The highest BCUT2D eigenvalue weighted by molar-refractivity contribution is 5.74. The van der Waals surface area contributed by atoms with Crippen molar-refractivity contribution in [1.29, 1.82) is 0 Å². The van der Waals surface area contributed by atoms with Crippen LogP contribution in [0.1, 0.15) is 12.5 Å². The van der Waals surface area contributed by atoms with Crippen LogP contribution < -0.4 is 21.1 Å². The monoisotopic (exact) mass is 317 g/mol. The molecule has 0 saturated heterocycles. The van der Waals surface area contributed by atoms with Gasteiger partial charge in [0.05, 0.1) is 13.7 Å². The third-order valence-electron chi connectivity index (χ3n) is 3.30. The van der Waals surface area contributed by atoms with Gasteiger partial charge in [-0.1, -0.05) is 12.1 Å². The largest absolute Gasteiger partial charge is 0.497 e. The summed E-state index contributed by atoms with van der Waals surface area (Å²) in [6, 6.07) is 7.91. The molecule has 1 atom stereocenters. The lowest BCUT2D eigenvalue weighted by Gasteiger charge is -2.16. The standard InChI is InChI=1S/C16H23N5O2/c1-11(9-22-2)21-16-14(17)15(19-10-20-16)18-8-12-4-6-13(23-3)7-5-12/h4-7,10-11H,8-9,17H2,1-3H3,(H2,18,19,20,21). The summed E-state index contributed by atoms with van der Waals surface area (Å²) in [4.78, 5) is 8.38. The molecule has 0 spiro atoms. The Labute approximate surface area is 136 Å². The van der Waals surface area contributed by atoms with Crippen LogP contribution in [-0.2, 0) is 11.3 Å². The number of nitrogens with one attached hydrogen (secondary N) is 2. The van der Waals surface area contributed by atoms with E-state index < -0.39 is 0 Å². The van der Waals surface area contributed by atoms with Crippen molar-refractivity contribution in [3.05, 3.63) is 36.2 Å². The molecule has 0 amide bonds. The van der Waals surface area contributed by atoms with Crippen LogP contribution in [0.15, 0.2) is 30.6 Å². The van der Waals surface area contributed by atoms with Crippen molar-refractivity contribution in [2.45, 2.75) is 19.5 Å². The average molecular weight is 317 g/mol. The molecule has 0 radical (unpaired) electrons. The van der Waals surface area contributed by atoms with Gasteiger partial charge >= 0.3 is 0 Å². The SMILES string of the molecule is COCC(C)Nc1ncnc(NCc2ccc(OC)cc2)c1N. The van der Waals surface area contributed by atoms with Gasteiger partial charge in [0.15, 0.2) is 11.6 Å². The van der Waals surface area contributed by atoms with Crippen LogP contribution >= 0.6 is 0 Å². The zero-order valence-electron chi connectivity index (χ0n) is 13.7. The molecule has 1 aromatic carbocycles. The molecule has 2 rings (SSSR count). The molecule has 0 aliphatic rings. The Bertz CT molecular complexity index is 618. The zero-order chi connectivity index (χ0) is 16.7. The molecular weight excluding hydrogens is 294 g/mol. The van der Waals surface area contributed by atoms with Gasteiger partial charge in [0.1, 0.15) is 17.8 Å². The van der Waals surface area contributed by atoms with Crippen LogP contribution in [0.5, 0.6) is 5.75 Å². The molecule has 0 fully saturated rings. The topological polar surface area (TPSA) is 94.3 Å². The number of nitrogen functional groups attached to an aromatic ring is 1. The fourth-order valence-electron chi connectivity index (χ4n) is 2.11. The Morgan fingerprint density at radius 1 is 1.13 bits per heavy atom. The van der Waals surface area contributed by atoms with Crippen LogP contribution in [0.4, 0.5) is 17.3 Å². The first-order valence-corrected chi connectivity index (χ1v) is 7.36. The molecule has 1 unspecified atom stereocenters. The van der Waals surface area contributed by atoms with E-state index in [1.165, 1.54) is 6.33 Å². The molecular formula is C16H23N5O2. The molecule has 2 aromatic rings. The number of nitrogens with two attached hydrogens (primary N) is 1. The summed E-state index contributed by atoms with van der Waals surface area (Å²) in [5.74, 6) is 2.03. The number of ether oxygens (including phenoxy) is 2. The first-order valence-electron chi connectivity index (χ1n) is 7.36. The minimum absolute atomic E-state index is 0.103. The van der Waals surface area contributed by atoms with E-state index in [1.807, 2.05) is 31.2 Å². The summed E-state index contributed by atoms with van der Waals surface area (Å²) in [5, 5.41) is 6.43. The Hall–Kier alpha value is -2.54. The van der Waals surface area contributed by atoms with Gasteiger partial charge in [0.2, 0.25) is 0 Å². The molecule has 4 N–H and O–H groups in total. The van der Waals surface area contributed by atoms with Crippen molar-refractivity contribution in [3.63, 3.8) is 0 Å². The van der Waals surface area contributed by atoms with E-state index in [2.05, 4.69) is 20.6 Å². The Morgan fingerprint density at radius 3 is 2.48 bits per heavy atom. The smallest absolute Gasteiger partial charge is 0.155 e. The summed E-state index contributed by atoms with van der Waals surface area (Å²) in [6.45, 7) is 3.17. The van der Waals surface area contributed by atoms with Crippen molar-refractivity contribution in [2.75, 3.05) is 37.2 Å². The van der Waals surface area contributed by atoms with E-state index in [0.717, 1.165) is 11.3 Å². The first kappa shape index (κ1) is 16.8. The second-order valence-electron chi connectivity index (χ2n) is 5.19. The van der Waals surface area contributed by atoms with Gasteiger partial charge in [0.25, 0.3) is 0 Å². The van der Waals surface area contributed by atoms with Gasteiger partial charge in [0, 0.05) is 19.7 Å². The normalized spacial score (nSPS) is 11.8. The number of methoxy groups -OCH3 is 2. The molecule has 0 aliphatic heterocycles. The highest BCUT2D eigenvalue weighted by Crippen LogP contribution is 2.23. The lowest BCUT2D eigenvalue weighted by atomic mass is 10.2. The number of rotatable bonds is 8. The highest BCUT2D eigenvalue weighted by Gasteiger charge is 2.10. The van der Waals surface area contributed by atoms with Crippen molar-refractivity contribution >= 4 is 17.3 Å². The van der Waals surface area contributed by atoms with Gasteiger partial charge in [-0.3, -0.25) is 0 Å². The number of hydrogen-bond acceptors (Lipinski definition) is 7. The second-order valence-corrected chi connectivity index (χ2v) is 5.19. The summed E-state index contributed by atoms with van der Waals surface area (Å²) in [5.41, 5.74) is 7.72. The third kappa shape index (κ3) is 4.72. The van der Waals surface area contributed by atoms with E-state index in [4.69, 9.17) is 15.2 Å². The maximum atomic E-state index is 6.13. The molecule has 1 heterocycles. The number of hydrogen-bond donors (Lipinski definition) is 3. The van der Waals surface area contributed by atoms with Crippen molar-refractivity contribution in [3.8, 4) is 5.75 Å². The van der Waals surface area contributed by atoms with E-state index in [0.29, 0.717) is 30.5 Å². The summed E-state index contributed by atoms with van der Waals surface area (Å²) in [7, 11) is 3.30. The number of anilines is 3. The molecule has 1 aromatic heterocycles. The molecule has 23 heavy (non-hydrogen) atoms. The van der Waals surface area contributed by atoms with Gasteiger partial charge in [-0.15, -0.1) is 0 Å². The predicted molar refractivity (Wildman–Crippen MR) is 91.7 cm³/mol. The third-order valence-corrected chi connectivity index (χ3v) is 3.30.